The van der Waals surface area contributed by atoms with Gasteiger partial charge in [-0.3, -0.25) is 0 Å². The van der Waals surface area contributed by atoms with Gasteiger partial charge in [0.25, 0.3) is 0 Å². The minimum absolute atomic E-state index is 0.0919. The Labute approximate surface area is 163 Å². The van der Waals surface area contributed by atoms with Gasteiger partial charge < -0.3 is 9.47 Å². The van der Waals surface area contributed by atoms with Gasteiger partial charge in [-0.15, -0.1) is 0 Å². The maximum atomic E-state index is 13.2. The highest BCUT2D eigenvalue weighted by molar-refractivity contribution is 7.71. The molecule has 3 rings (SSSR count). The van der Waals surface area contributed by atoms with Crippen molar-refractivity contribution in [3.8, 4) is 22.9 Å². The van der Waals surface area contributed by atoms with Gasteiger partial charge in [-0.05, 0) is 30.4 Å². The molecule has 0 aliphatic carbocycles. The monoisotopic (exact) mass is 408 g/mol. The Balaban J connectivity index is 2.07. The van der Waals surface area contributed by atoms with E-state index in [1.54, 1.807) is 18.2 Å². The van der Waals surface area contributed by atoms with Crippen LogP contribution in [-0.2, 0) is 6.18 Å². The van der Waals surface area contributed by atoms with Gasteiger partial charge in [0.15, 0.2) is 5.82 Å². The van der Waals surface area contributed by atoms with Crippen molar-refractivity contribution in [1.82, 2.24) is 14.9 Å². The van der Waals surface area contributed by atoms with E-state index in [-0.39, 0.29) is 16.2 Å². The minimum Gasteiger partial charge on any atom is -0.497 e. The summed E-state index contributed by atoms with van der Waals surface area (Å²) in [7, 11) is 3.00. The average molecular weight is 408 g/mol. The third kappa shape index (κ3) is 3.91. The quantitative estimate of drug-likeness (QED) is 0.498. The number of rotatable bonds is 5. The van der Waals surface area contributed by atoms with Gasteiger partial charge in [0, 0.05) is 11.6 Å². The lowest BCUT2D eigenvalue weighted by Gasteiger charge is -2.10. The highest BCUT2D eigenvalue weighted by atomic mass is 32.1. The number of H-pyrrole nitrogens is 1. The fraction of sp³-hybridized carbons (Fsp3) is 0.167. The van der Waals surface area contributed by atoms with Crippen LogP contribution in [0.4, 0.5) is 13.2 Å². The molecule has 0 saturated heterocycles. The van der Waals surface area contributed by atoms with E-state index in [1.807, 2.05) is 0 Å². The minimum atomic E-state index is -4.50. The molecule has 0 aliphatic heterocycles. The maximum Gasteiger partial charge on any atom is 0.417 e. The van der Waals surface area contributed by atoms with Gasteiger partial charge in [-0.2, -0.15) is 28.0 Å². The summed E-state index contributed by atoms with van der Waals surface area (Å²) in [5, 5.41) is 10.8. The molecule has 0 unspecified atom stereocenters. The van der Waals surface area contributed by atoms with Crippen LogP contribution in [0, 0.1) is 4.77 Å². The Hall–Kier alpha value is -3.14. The molecule has 0 aliphatic rings. The number of methoxy groups -OCH3 is 2. The molecule has 0 radical (unpaired) electrons. The first-order valence-corrected chi connectivity index (χ1v) is 8.36. The SMILES string of the molecule is COc1ccc(-c2n[nH]c(=S)n2/N=C\c2ccccc2C(F)(F)F)c(OC)c1. The molecular weight excluding hydrogens is 393 g/mol. The largest absolute Gasteiger partial charge is 0.497 e. The summed E-state index contributed by atoms with van der Waals surface area (Å²) in [5.74, 6) is 1.30. The predicted molar refractivity (Wildman–Crippen MR) is 100 cm³/mol. The molecule has 6 nitrogen and oxygen atoms in total. The number of ether oxygens (including phenoxy) is 2. The Bertz CT molecular complexity index is 1070. The lowest BCUT2D eigenvalue weighted by Crippen LogP contribution is -2.09. The fourth-order valence-corrected chi connectivity index (χ4v) is 2.72. The van der Waals surface area contributed by atoms with Crippen molar-refractivity contribution in [2.75, 3.05) is 14.2 Å². The molecule has 0 spiro atoms. The molecule has 10 heteroatoms. The third-order valence-electron chi connectivity index (χ3n) is 3.88. The van der Waals surface area contributed by atoms with Crippen LogP contribution in [0.2, 0.25) is 0 Å². The van der Waals surface area contributed by atoms with Crippen molar-refractivity contribution < 1.29 is 22.6 Å². The zero-order valence-electron chi connectivity index (χ0n) is 14.8. The lowest BCUT2D eigenvalue weighted by molar-refractivity contribution is -0.137. The van der Waals surface area contributed by atoms with Crippen molar-refractivity contribution in [3.05, 3.63) is 58.4 Å². The van der Waals surface area contributed by atoms with Crippen molar-refractivity contribution >= 4 is 18.4 Å². The van der Waals surface area contributed by atoms with E-state index >= 15 is 0 Å². The van der Waals surface area contributed by atoms with E-state index < -0.39 is 11.7 Å². The van der Waals surface area contributed by atoms with E-state index in [9.17, 15) is 13.2 Å². The summed E-state index contributed by atoms with van der Waals surface area (Å²) >= 11 is 5.17. The van der Waals surface area contributed by atoms with Crippen LogP contribution in [0.25, 0.3) is 11.4 Å². The molecule has 146 valence electrons. The Kier molecular flexibility index (Phi) is 5.50. The summed E-state index contributed by atoms with van der Waals surface area (Å²) < 4.78 is 51.4. The second-order valence-corrected chi connectivity index (χ2v) is 5.95. The van der Waals surface area contributed by atoms with Crippen molar-refractivity contribution in [3.63, 3.8) is 0 Å². The average Bonchev–Trinajstić information content (AvgIpc) is 3.05. The summed E-state index contributed by atoms with van der Waals surface area (Å²) in [5.41, 5.74) is -0.347. The van der Waals surface area contributed by atoms with Crippen LogP contribution in [0.1, 0.15) is 11.1 Å². The summed E-state index contributed by atoms with van der Waals surface area (Å²) in [4.78, 5) is 0. The Morgan fingerprint density at radius 3 is 2.57 bits per heavy atom. The number of nitrogens with zero attached hydrogens (tertiary/aromatic N) is 3. The second kappa shape index (κ2) is 7.85. The van der Waals surface area contributed by atoms with Gasteiger partial charge in [-0.1, -0.05) is 18.2 Å². The zero-order chi connectivity index (χ0) is 20.3. The molecule has 0 amide bonds. The smallest absolute Gasteiger partial charge is 0.417 e. The van der Waals surface area contributed by atoms with Crippen molar-refractivity contribution in [1.29, 1.82) is 0 Å². The second-order valence-electron chi connectivity index (χ2n) is 5.56. The van der Waals surface area contributed by atoms with Gasteiger partial charge >= 0.3 is 6.18 Å². The van der Waals surface area contributed by atoms with E-state index in [1.165, 1.54) is 37.1 Å². The van der Waals surface area contributed by atoms with Crippen LogP contribution in [0.3, 0.4) is 0 Å². The first-order chi connectivity index (χ1) is 13.3. The van der Waals surface area contributed by atoms with E-state index in [0.717, 1.165) is 12.3 Å². The number of nitrogens with one attached hydrogen (secondary N) is 1. The molecular formula is C18H15F3N4O2S. The molecule has 3 aromatic rings. The standard InChI is InChI=1S/C18H15F3N4O2S/c1-26-12-7-8-13(15(9-12)27-2)16-23-24-17(28)25(16)22-10-11-5-3-4-6-14(11)18(19,20)21/h3-10H,1-2H3,(H,24,28)/b22-10-. The van der Waals surface area contributed by atoms with Gasteiger partial charge in [0.2, 0.25) is 4.77 Å². The van der Waals surface area contributed by atoms with Crippen LogP contribution in [0.15, 0.2) is 47.6 Å². The number of alkyl halides is 3. The van der Waals surface area contributed by atoms with Gasteiger partial charge in [0.1, 0.15) is 11.5 Å². The molecule has 1 N–H and O–H groups in total. The van der Waals surface area contributed by atoms with Gasteiger partial charge in [-0.25, -0.2) is 5.10 Å². The molecule has 0 fully saturated rings. The summed E-state index contributed by atoms with van der Waals surface area (Å²) in [6.07, 6.45) is -3.41. The number of halogens is 3. The Morgan fingerprint density at radius 1 is 1.14 bits per heavy atom. The van der Waals surface area contributed by atoms with Crippen LogP contribution in [0.5, 0.6) is 11.5 Å². The third-order valence-corrected chi connectivity index (χ3v) is 4.14. The molecule has 1 aromatic heterocycles. The zero-order valence-corrected chi connectivity index (χ0v) is 15.6. The van der Waals surface area contributed by atoms with Crippen LogP contribution < -0.4 is 9.47 Å². The molecule has 1 heterocycles. The number of aromatic nitrogens is 3. The molecule has 2 aromatic carbocycles. The summed E-state index contributed by atoms with van der Waals surface area (Å²) in [6, 6.07) is 10.2. The highest BCUT2D eigenvalue weighted by Crippen LogP contribution is 2.33. The first kappa shape index (κ1) is 19.6. The number of hydrogen-bond donors (Lipinski definition) is 1. The molecule has 28 heavy (non-hydrogen) atoms. The normalized spacial score (nSPS) is 11.8. The van der Waals surface area contributed by atoms with Crippen LogP contribution in [-0.4, -0.2) is 35.3 Å². The molecule has 0 saturated carbocycles. The van der Waals surface area contributed by atoms with Crippen molar-refractivity contribution in [2.45, 2.75) is 6.18 Å². The number of benzene rings is 2. The number of hydrogen-bond acceptors (Lipinski definition) is 5. The topological polar surface area (TPSA) is 64.4 Å². The fourth-order valence-electron chi connectivity index (χ4n) is 2.54. The van der Waals surface area contributed by atoms with Crippen molar-refractivity contribution in [2.24, 2.45) is 5.10 Å². The molecule has 0 atom stereocenters. The highest BCUT2D eigenvalue weighted by Gasteiger charge is 2.32. The van der Waals surface area contributed by atoms with E-state index in [4.69, 9.17) is 21.7 Å². The summed E-state index contributed by atoms with van der Waals surface area (Å²) in [6.45, 7) is 0. The van der Waals surface area contributed by atoms with E-state index in [2.05, 4.69) is 15.3 Å². The maximum absolute atomic E-state index is 13.2. The molecule has 0 bridgehead atoms. The predicted octanol–water partition coefficient (Wildman–Crippen LogP) is 4.53. The first-order valence-electron chi connectivity index (χ1n) is 7.95. The van der Waals surface area contributed by atoms with Gasteiger partial charge in [0.05, 0.1) is 31.6 Å². The van der Waals surface area contributed by atoms with E-state index in [0.29, 0.717) is 17.1 Å². The Morgan fingerprint density at radius 2 is 1.89 bits per heavy atom. The lowest BCUT2D eigenvalue weighted by atomic mass is 10.1. The number of aromatic amines is 1. The van der Waals surface area contributed by atoms with Crippen LogP contribution >= 0.6 is 12.2 Å².